The van der Waals surface area contributed by atoms with Crippen LogP contribution in [0.3, 0.4) is 0 Å². The summed E-state index contributed by atoms with van der Waals surface area (Å²) >= 11 is 0. The van der Waals surface area contributed by atoms with Crippen molar-refractivity contribution in [2.75, 3.05) is 16.8 Å². The Morgan fingerprint density at radius 1 is 1.06 bits per heavy atom. The van der Waals surface area contributed by atoms with E-state index in [4.69, 9.17) is 9.47 Å². The van der Waals surface area contributed by atoms with Gasteiger partial charge in [-0.05, 0) is 61.7 Å². The molecule has 3 aromatic carbocycles. The van der Waals surface area contributed by atoms with Gasteiger partial charge in [0.15, 0.2) is 12.7 Å². The molecule has 3 aromatic rings. The van der Waals surface area contributed by atoms with Gasteiger partial charge in [0.1, 0.15) is 11.5 Å². The summed E-state index contributed by atoms with van der Waals surface area (Å²) in [6, 6.07) is 21.1. The quantitative estimate of drug-likeness (QED) is 0.564. The topological polar surface area (TPSA) is 67.9 Å². The molecule has 1 unspecified atom stereocenters. The van der Waals surface area contributed by atoms with Crippen LogP contribution >= 0.6 is 0 Å². The van der Waals surface area contributed by atoms with Crippen LogP contribution < -0.4 is 19.7 Å². The van der Waals surface area contributed by atoms with E-state index in [9.17, 15) is 9.59 Å². The Balaban J connectivity index is 1.48. The van der Waals surface area contributed by atoms with Crippen LogP contribution in [0.4, 0.5) is 11.4 Å². The normalized spacial score (nSPS) is 14.9. The van der Waals surface area contributed by atoms with Crippen LogP contribution in [0.5, 0.6) is 11.5 Å². The molecule has 0 aromatic heterocycles. The third-order valence-electron chi connectivity index (χ3n) is 5.59. The Labute approximate surface area is 194 Å². The Morgan fingerprint density at radius 2 is 1.85 bits per heavy atom. The van der Waals surface area contributed by atoms with Crippen LogP contribution in [-0.2, 0) is 22.6 Å². The van der Waals surface area contributed by atoms with Gasteiger partial charge in [0.25, 0.3) is 11.8 Å². The van der Waals surface area contributed by atoms with Gasteiger partial charge in [-0.1, -0.05) is 48.9 Å². The van der Waals surface area contributed by atoms with Crippen LogP contribution in [0.2, 0.25) is 0 Å². The van der Waals surface area contributed by atoms with E-state index in [2.05, 4.69) is 12.2 Å². The first kappa shape index (κ1) is 22.4. The second-order valence-electron chi connectivity index (χ2n) is 8.19. The Kier molecular flexibility index (Phi) is 6.63. The molecule has 0 fully saturated rings. The second kappa shape index (κ2) is 9.77. The summed E-state index contributed by atoms with van der Waals surface area (Å²) in [6.07, 6.45) is 0.326. The molecule has 6 heteroatoms. The van der Waals surface area contributed by atoms with E-state index in [1.54, 1.807) is 30.0 Å². The maximum atomic E-state index is 12.9. The van der Waals surface area contributed by atoms with Crippen molar-refractivity contribution in [1.29, 1.82) is 0 Å². The minimum Gasteiger partial charge on any atom is -0.484 e. The van der Waals surface area contributed by atoms with Crippen LogP contribution in [0.25, 0.3) is 0 Å². The van der Waals surface area contributed by atoms with E-state index in [-0.39, 0.29) is 18.4 Å². The van der Waals surface area contributed by atoms with Gasteiger partial charge in [-0.3, -0.25) is 9.59 Å². The van der Waals surface area contributed by atoms with Gasteiger partial charge in [0.05, 0.1) is 12.2 Å². The summed E-state index contributed by atoms with van der Waals surface area (Å²) in [5, 5.41) is 2.85. The smallest absolute Gasteiger partial charge is 0.268 e. The zero-order chi connectivity index (χ0) is 23.4. The van der Waals surface area contributed by atoms with Gasteiger partial charge in [-0.2, -0.15) is 0 Å². The second-order valence-corrected chi connectivity index (χ2v) is 8.19. The number of fused-ring (bicyclic) bond motifs is 1. The van der Waals surface area contributed by atoms with Crippen molar-refractivity contribution in [3.8, 4) is 11.5 Å². The standard InChI is InChI=1S/C27H28N2O4/c1-4-20-6-5-7-23(14-20)32-17-26(30)28-22-12-13-25-24(15-22)29(27(31)19(3)33-25)16-21-10-8-18(2)9-11-21/h5-15,19H,4,16-17H2,1-3H3,(H,28,30). The van der Waals surface area contributed by atoms with Crippen LogP contribution in [0.1, 0.15) is 30.5 Å². The molecule has 2 amide bonds. The zero-order valence-electron chi connectivity index (χ0n) is 19.1. The SMILES string of the molecule is CCc1cccc(OCC(=O)Nc2ccc3c(c2)N(Cc2ccc(C)cc2)C(=O)C(C)O3)c1. The number of nitrogens with zero attached hydrogens (tertiary/aromatic N) is 1. The predicted molar refractivity (Wildman–Crippen MR) is 129 cm³/mol. The van der Waals surface area contributed by atoms with E-state index in [1.165, 1.54) is 0 Å². The minimum atomic E-state index is -0.573. The Morgan fingerprint density at radius 3 is 2.61 bits per heavy atom. The summed E-state index contributed by atoms with van der Waals surface area (Å²) in [4.78, 5) is 27.1. The average molecular weight is 445 g/mol. The summed E-state index contributed by atoms with van der Waals surface area (Å²) in [7, 11) is 0. The Bertz CT molecular complexity index is 1160. The van der Waals surface area contributed by atoms with Crippen molar-refractivity contribution < 1.29 is 19.1 Å². The third-order valence-corrected chi connectivity index (χ3v) is 5.59. The molecule has 6 nitrogen and oxygen atoms in total. The maximum Gasteiger partial charge on any atom is 0.268 e. The van der Waals surface area contributed by atoms with Gasteiger partial charge in [-0.15, -0.1) is 0 Å². The first-order valence-electron chi connectivity index (χ1n) is 11.1. The fourth-order valence-electron chi connectivity index (χ4n) is 3.73. The number of ether oxygens (including phenoxy) is 2. The van der Waals surface area contributed by atoms with Gasteiger partial charge in [0.2, 0.25) is 0 Å². The molecular formula is C27H28N2O4. The molecule has 0 spiro atoms. The van der Waals surface area contributed by atoms with Gasteiger partial charge < -0.3 is 19.7 Å². The molecular weight excluding hydrogens is 416 g/mol. The van der Waals surface area contributed by atoms with Crippen molar-refractivity contribution in [3.63, 3.8) is 0 Å². The number of aryl methyl sites for hydroxylation is 2. The highest BCUT2D eigenvalue weighted by atomic mass is 16.5. The zero-order valence-corrected chi connectivity index (χ0v) is 19.1. The first-order chi connectivity index (χ1) is 15.9. The van der Waals surface area contributed by atoms with Gasteiger partial charge in [-0.25, -0.2) is 0 Å². The van der Waals surface area contributed by atoms with E-state index in [1.807, 2.05) is 55.5 Å². The molecule has 0 bridgehead atoms. The van der Waals surface area contributed by atoms with Crippen LogP contribution in [-0.4, -0.2) is 24.5 Å². The minimum absolute atomic E-state index is 0.107. The van der Waals surface area contributed by atoms with Crippen molar-refractivity contribution in [2.24, 2.45) is 0 Å². The Hall–Kier alpha value is -3.80. The number of anilines is 2. The molecule has 1 N–H and O–H groups in total. The van der Waals surface area contributed by atoms with Crippen molar-refractivity contribution in [2.45, 2.75) is 39.8 Å². The molecule has 1 aliphatic rings. The number of nitrogens with one attached hydrogen (secondary N) is 1. The molecule has 170 valence electrons. The van der Waals surface area contributed by atoms with E-state index in [0.29, 0.717) is 29.4 Å². The van der Waals surface area contributed by atoms with E-state index < -0.39 is 6.10 Å². The number of benzene rings is 3. The van der Waals surface area contributed by atoms with Crippen molar-refractivity contribution in [3.05, 3.63) is 83.4 Å². The largest absolute Gasteiger partial charge is 0.484 e. The lowest BCUT2D eigenvalue weighted by atomic mass is 10.1. The molecule has 0 saturated heterocycles. The van der Waals surface area contributed by atoms with Crippen LogP contribution in [0.15, 0.2) is 66.7 Å². The van der Waals surface area contributed by atoms with E-state index in [0.717, 1.165) is 23.1 Å². The molecule has 1 atom stereocenters. The monoisotopic (exact) mass is 444 g/mol. The first-order valence-corrected chi connectivity index (χ1v) is 11.1. The summed E-state index contributed by atoms with van der Waals surface area (Å²) in [6.45, 7) is 6.16. The summed E-state index contributed by atoms with van der Waals surface area (Å²) in [5.41, 5.74) is 4.54. The lowest BCUT2D eigenvalue weighted by molar-refractivity contribution is -0.125. The number of rotatable bonds is 7. The van der Waals surface area contributed by atoms with E-state index >= 15 is 0 Å². The predicted octanol–water partition coefficient (Wildman–Crippen LogP) is 4.89. The number of hydrogen-bond acceptors (Lipinski definition) is 4. The third kappa shape index (κ3) is 5.34. The van der Waals surface area contributed by atoms with Crippen LogP contribution in [0, 0.1) is 6.92 Å². The molecule has 1 aliphatic heterocycles. The highest BCUT2D eigenvalue weighted by molar-refractivity contribution is 6.01. The molecule has 0 radical (unpaired) electrons. The molecule has 1 heterocycles. The summed E-state index contributed by atoms with van der Waals surface area (Å²) in [5.74, 6) is 0.871. The number of carbonyl (C=O) groups excluding carboxylic acids is 2. The van der Waals surface area contributed by atoms with Gasteiger partial charge in [0, 0.05) is 5.69 Å². The molecule has 33 heavy (non-hydrogen) atoms. The molecule has 4 rings (SSSR count). The molecule has 0 saturated carbocycles. The maximum absolute atomic E-state index is 12.9. The van der Waals surface area contributed by atoms with Crippen molar-refractivity contribution >= 4 is 23.2 Å². The average Bonchev–Trinajstić information content (AvgIpc) is 2.82. The fourth-order valence-corrected chi connectivity index (χ4v) is 3.73. The van der Waals surface area contributed by atoms with Crippen molar-refractivity contribution in [1.82, 2.24) is 0 Å². The number of carbonyl (C=O) groups is 2. The highest BCUT2D eigenvalue weighted by Gasteiger charge is 2.31. The number of hydrogen-bond donors (Lipinski definition) is 1. The summed E-state index contributed by atoms with van der Waals surface area (Å²) < 4.78 is 11.4. The van der Waals surface area contributed by atoms with Gasteiger partial charge >= 0.3 is 0 Å². The lowest BCUT2D eigenvalue weighted by Gasteiger charge is -2.33. The highest BCUT2D eigenvalue weighted by Crippen LogP contribution is 2.37. The fraction of sp³-hybridized carbons (Fsp3) is 0.259. The number of amides is 2. The molecule has 0 aliphatic carbocycles. The lowest BCUT2D eigenvalue weighted by Crippen LogP contribution is -2.44.